The van der Waals surface area contributed by atoms with Crippen LogP contribution in [0.2, 0.25) is 0 Å². The first-order chi connectivity index (χ1) is 12.8. The van der Waals surface area contributed by atoms with Gasteiger partial charge in [-0.3, -0.25) is 0 Å². The first-order valence-electron chi connectivity index (χ1n) is 9.11. The smallest absolute Gasteiger partial charge is 0.175 e. The number of amidine groups is 1. The molecule has 1 aromatic heterocycles. The molecule has 3 heterocycles. The van der Waals surface area contributed by atoms with Crippen molar-refractivity contribution in [3.8, 4) is 0 Å². The number of hydrogen-bond acceptors (Lipinski definition) is 7. The molecule has 2 aromatic rings. The van der Waals surface area contributed by atoms with Crippen LogP contribution in [0.15, 0.2) is 34.2 Å². The number of piperazine rings is 1. The van der Waals surface area contributed by atoms with E-state index in [1.54, 1.807) is 23.5 Å². The summed E-state index contributed by atoms with van der Waals surface area (Å²) < 4.78 is 24.0. The van der Waals surface area contributed by atoms with E-state index in [-0.39, 0.29) is 0 Å². The van der Waals surface area contributed by atoms with Crippen molar-refractivity contribution in [3.63, 3.8) is 0 Å². The maximum absolute atomic E-state index is 12.0. The Morgan fingerprint density at radius 3 is 2.59 bits per heavy atom. The van der Waals surface area contributed by atoms with E-state index in [2.05, 4.69) is 35.2 Å². The van der Waals surface area contributed by atoms with Crippen molar-refractivity contribution in [3.05, 3.63) is 34.7 Å². The number of likely N-dealkylation sites (N-methyl/N-ethyl adjacent to an activating group) is 1. The first kappa shape index (κ1) is 18.5. The van der Waals surface area contributed by atoms with Gasteiger partial charge in [-0.25, -0.2) is 13.4 Å². The predicted octanol–water partition coefficient (Wildman–Crippen LogP) is 3.10. The minimum atomic E-state index is -3.28. The normalized spacial score (nSPS) is 17.6. The third-order valence-corrected chi connectivity index (χ3v) is 7.35. The van der Waals surface area contributed by atoms with Gasteiger partial charge < -0.3 is 15.1 Å². The van der Waals surface area contributed by atoms with E-state index in [1.807, 2.05) is 6.07 Å². The van der Waals surface area contributed by atoms with E-state index in [9.17, 15) is 8.42 Å². The highest BCUT2D eigenvalue weighted by Gasteiger charge is 2.26. The van der Waals surface area contributed by atoms with Gasteiger partial charge >= 0.3 is 0 Å². The van der Waals surface area contributed by atoms with Crippen LogP contribution < -0.4 is 5.32 Å². The molecule has 2 aliphatic rings. The SMILES string of the molecule is CCc1cc2c(s1)Nc1ccc(S(C)(=O)=O)cc1N=C2N1CCN(C)CC1. The Morgan fingerprint density at radius 1 is 1.19 bits per heavy atom. The summed E-state index contributed by atoms with van der Waals surface area (Å²) in [5.74, 6) is 0.936. The predicted molar refractivity (Wildman–Crippen MR) is 112 cm³/mol. The van der Waals surface area contributed by atoms with Crippen LogP contribution in [0.4, 0.5) is 16.4 Å². The molecule has 0 amide bonds. The molecular weight excluding hydrogens is 380 g/mol. The molecule has 1 N–H and O–H groups in total. The number of hydrogen-bond donors (Lipinski definition) is 1. The van der Waals surface area contributed by atoms with Crippen LogP contribution in [0.5, 0.6) is 0 Å². The lowest BCUT2D eigenvalue weighted by atomic mass is 10.2. The molecule has 1 fully saturated rings. The van der Waals surface area contributed by atoms with Crippen molar-refractivity contribution in [2.45, 2.75) is 18.2 Å². The van der Waals surface area contributed by atoms with Crippen LogP contribution in [0.1, 0.15) is 17.4 Å². The maximum Gasteiger partial charge on any atom is 0.175 e. The summed E-state index contributed by atoms with van der Waals surface area (Å²) >= 11 is 1.74. The van der Waals surface area contributed by atoms with Gasteiger partial charge in [-0.05, 0) is 37.7 Å². The number of benzene rings is 1. The van der Waals surface area contributed by atoms with E-state index >= 15 is 0 Å². The number of fused-ring (bicyclic) bond motifs is 2. The highest BCUT2D eigenvalue weighted by molar-refractivity contribution is 7.90. The van der Waals surface area contributed by atoms with Crippen molar-refractivity contribution < 1.29 is 8.42 Å². The zero-order valence-electron chi connectivity index (χ0n) is 15.8. The fourth-order valence-electron chi connectivity index (χ4n) is 3.37. The summed E-state index contributed by atoms with van der Waals surface area (Å²) in [5, 5.41) is 4.57. The van der Waals surface area contributed by atoms with E-state index in [0.717, 1.165) is 54.7 Å². The molecule has 0 atom stereocenters. The highest BCUT2D eigenvalue weighted by Crippen LogP contribution is 2.40. The Balaban J connectivity index is 1.85. The van der Waals surface area contributed by atoms with Crippen LogP contribution in [0.3, 0.4) is 0 Å². The Labute approximate surface area is 164 Å². The van der Waals surface area contributed by atoms with Crippen molar-refractivity contribution in [1.82, 2.24) is 9.80 Å². The number of nitrogens with one attached hydrogen (secondary N) is 1. The van der Waals surface area contributed by atoms with Gasteiger partial charge in [-0.1, -0.05) is 6.92 Å². The van der Waals surface area contributed by atoms with Gasteiger partial charge in [0.25, 0.3) is 0 Å². The molecule has 4 rings (SSSR count). The van der Waals surface area contributed by atoms with Gasteiger partial charge in [0.2, 0.25) is 0 Å². The fourth-order valence-corrected chi connectivity index (χ4v) is 5.02. The summed E-state index contributed by atoms with van der Waals surface area (Å²) in [6, 6.07) is 7.35. The molecule has 0 radical (unpaired) electrons. The topological polar surface area (TPSA) is 65.0 Å². The zero-order chi connectivity index (χ0) is 19.2. The highest BCUT2D eigenvalue weighted by atomic mass is 32.2. The Kier molecular flexibility index (Phi) is 4.73. The number of aliphatic imine (C=N–C) groups is 1. The molecule has 27 heavy (non-hydrogen) atoms. The van der Waals surface area contributed by atoms with Crippen molar-refractivity contribution in [2.75, 3.05) is 44.8 Å². The first-order valence-corrected chi connectivity index (χ1v) is 11.8. The van der Waals surface area contributed by atoms with E-state index in [1.165, 1.54) is 11.1 Å². The van der Waals surface area contributed by atoms with Crippen molar-refractivity contribution >= 4 is 43.4 Å². The summed E-state index contributed by atoms with van der Waals surface area (Å²) in [5.41, 5.74) is 2.63. The second-order valence-corrected chi connectivity index (χ2v) is 10.3. The van der Waals surface area contributed by atoms with Crippen LogP contribution in [0, 0.1) is 0 Å². The van der Waals surface area contributed by atoms with Crippen LogP contribution >= 0.6 is 11.3 Å². The minimum absolute atomic E-state index is 0.295. The summed E-state index contributed by atoms with van der Waals surface area (Å²) in [6.07, 6.45) is 2.21. The number of aryl methyl sites for hydroxylation is 1. The molecule has 6 nitrogen and oxygen atoms in total. The molecule has 0 aliphatic carbocycles. The summed E-state index contributed by atoms with van der Waals surface area (Å²) in [6.45, 7) is 5.95. The van der Waals surface area contributed by atoms with Gasteiger partial charge in [-0.2, -0.15) is 0 Å². The lowest BCUT2D eigenvalue weighted by Crippen LogP contribution is -2.47. The molecule has 2 aliphatic heterocycles. The maximum atomic E-state index is 12.0. The largest absolute Gasteiger partial charge is 0.353 e. The fraction of sp³-hybridized carbons (Fsp3) is 0.421. The second-order valence-electron chi connectivity index (χ2n) is 7.11. The monoisotopic (exact) mass is 404 g/mol. The van der Waals surface area contributed by atoms with Crippen molar-refractivity contribution in [2.24, 2.45) is 4.99 Å². The van der Waals surface area contributed by atoms with Crippen LogP contribution in [-0.2, 0) is 16.3 Å². The average Bonchev–Trinajstić information content (AvgIpc) is 2.97. The lowest BCUT2D eigenvalue weighted by molar-refractivity contribution is 0.216. The van der Waals surface area contributed by atoms with Crippen LogP contribution in [-0.4, -0.2) is 63.5 Å². The molecule has 0 saturated carbocycles. The number of thiophene rings is 1. The van der Waals surface area contributed by atoms with E-state index in [4.69, 9.17) is 4.99 Å². The number of nitrogens with zero attached hydrogens (tertiary/aromatic N) is 3. The Hall–Kier alpha value is -1.90. The summed E-state index contributed by atoms with van der Waals surface area (Å²) in [7, 11) is -1.15. The van der Waals surface area contributed by atoms with E-state index in [0.29, 0.717) is 10.6 Å². The standard InChI is InChI=1S/C19H24N4O2S2/c1-4-13-11-15-18(23-9-7-22(2)8-10-23)20-17-12-14(27(3,24)25)5-6-16(17)21-19(15)26-13/h5-6,11-12,21H,4,7-10H2,1-3H3. The molecule has 0 unspecified atom stereocenters. The quantitative estimate of drug-likeness (QED) is 0.833. The number of rotatable bonds is 2. The van der Waals surface area contributed by atoms with Gasteiger partial charge in [-0.15, -0.1) is 11.3 Å². The number of sulfone groups is 1. The Morgan fingerprint density at radius 2 is 1.93 bits per heavy atom. The summed E-state index contributed by atoms with van der Waals surface area (Å²) in [4.78, 5) is 11.2. The van der Waals surface area contributed by atoms with Gasteiger partial charge in [0.15, 0.2) is 9.84 Å². The van der Waals surface area contributed by atoms with Crippen LogP contribution in [0.25, 0.3) is 0 Å². The van der Waals surface area contributed by atoms with Crippen molar-refractivity contribution in [1.29, 1.82) is 0 Å². The average molecular weight is 405 g/mol. The van der Waals surface area contributed by atoms with Gasteiger partial charge in [0, 0.05) is 37.3 Å². The number of anilines is 2. The van der Waals surface area contributed by atoms with Gasteiger partial charge in [0.1, 0.15) is 10.8 Å². The van der Waals surface area contributed by atoms with E-state index < -0.39 is 9.84 Å². The molecule has 8 heteroatoms. The third kappa shape index (κ3) is 3.61. The molecule has 0 spiro atoms. The Bertz CT molecular complexity index is 1000. The zero-order valence-corrected chi connectivity index (χ0v) is 17.5. The molecule has 1 aromatic carbocycles. The molecular formula is C19H24N4O2S2. The molecule has 0 bridgehead atoms. The third-order valence-electron chi connectivity index (χ3n) is 5.05. The molecule has 1 saturated heterocycles. The molecule has 144 valence electrons. The minimum Gasteiger partial charge on any atom is -0.353 e. The second kappa shape index (κ2) is 6.92. The lowest BCUT2D eigenvalue weighted by Gasteiger charge is -2.34. The van der Waals surface area contributed by atoms with Gasteiger partial charge in [0.05, 0.1) is 21.8 Å².